The number of aromatic amines is 1. The number of hydrogen-bond donors (Lipinski definition) is 3. The molecule has 4 heterocycles. The SMILES string of the molecule is CC(C)(C)C[C@]1(c2ccc(-c3cnn(C(F)F)c3)cc2)NC(=N)N([C@H](COC(=O)N2CC3(CC3)C2)c2ccc(Cl)c(-c3ncn[nH]3)c2)C1=O. The Hall–Kier alpha value is -4.85. The van der Waals surface area contributed by atoms with Crippen molar-refractivity contribution in [2.24, 2.45) is 10.8 Å². The van der Waals surface area contributed by atoms with Crippen molar-refractivity contribution in [3.05, 3.63) is 77.3 Å². The second kappa shape index (κ2) is 11.9. The molecule has 3 N–H and O–H groups in total. The Morgan fingerprint density at radius 2 is 1.86 bits per heavy atom. The van der Waals surface area contributed by atoms with Crippen molar-refractivity contribution in [1.82, 2.24) is 40.1 Å². The van der Waals surface area contributed by atoms with Gasteiger partial charge in [-0.2, -0.15) is 19.0 Å². The van der Waals surface area contributed by atoms with E-state index in [0.717, 1.165) is 12.8 Å². The van der Waals surface area contributed by atoms with Gasteiger partial charge in [0.25, 0.3) is 5.91 Å². The van der Waals surface area contributed by atoms with Gasteiger partial charge in [-0.1, -0.05) is 62.7 Å². The molecule has 2 aromatic carbocycles. The number of rotatable bonds is 9. The van der Waals surface area contributed by atoms with E-state index >= 15 is 0 Å². The van der Waals surface area contributed by atoms with E-state index in [-0.39, 0.29) is 23.4 Å². The van der Waals surface area contributed by atoms with Crippen LogP contribution in [-0.4, -0.2) is 72.4 Å². The molecule has 2 amide bonds. The number of carbonyl (C=O) groups excluding carboxylic acids is 2. The Kier molecular flexibility index (Phi) is 7.96. The third kappa shape index (κ3) is 6.13. The van der Waals surface area contributed by atoms with Crippen molar-refractivity contribution >= 4 is 29.6 Å². The summed E-state index contributed by atoms with van der Waals surface area (Å²) in [6.07, 6.45) is 6.04. The number of benzene rings is 2. The average molecular weight is 692 g/mol. The molecule has 12 nitrogen and oxygen atoms in total. The van der Waals surface area contributed by atoms with Crippen molar-refractivity contribution in [1.29, 1.82) is 5.41 Å². The Balaban J connectivity index is 1.24. The molecule has 0 radical (unpaired) electrons. The van der Waals surface area contributed by atoms with Crippen LogP contribution in [0.3, 0.4) is 0 Å². The molecule has 2 saturated heterocycles. The van der Waals surface area contributed by atoms with E-state index in [1.165, 1.54) is 23.6 Å². The van der Waals surface area contributed by atoms with E-state index in [4.69, 9.17) is 21.7 Å². The van der Waals surface area contributed by atoms with Crippen molar-refractivity contribution in [2.75, 3.05) is 19.7 Å². The summed E-state index contributed by atoms with van der Waals surface area (Å²) >= 11 is 6.55. The highest BCUT2D eigenvalue weighted by Crippen LogP contribution is 2.53. The maximum atomic E-state index is 14.9. The minimum Gasteiger partial charge on any atom is -0.447 e. The molecule has 0 bridgehead atoms. The number of nitrogens with zero attached hydrogens (tertiary/aromatic N) is 6. The Labute approximate surface area is 286 Å². The van der Waals surface area contributed by atoms with Gasteiger partial charge in [0.2, 0.25) is 0 Å². The van der Waals surface area contributed by atoms with E-state index in [0.29, 0.717) is 62.9 Å². The first-order chi connectivity index (χ1) is 23.3. The van der Waals surface area contributed by atoms with Crippen molar-refractivity contribution in [3.8, 4) is 22.5 Å². The molecule has 1 saturated carbocycles. The van der Waals surface area contributed by atoms with Crippen LogP contribution in [0.4, 0.5) is 13.6 Å². The van der Waals surface area contributed by atoms with Gasteiger partial charge >= 0.3 is 12.6 Å². The van der Waals surface area contributed by atoms with Gasteiger partial charge in [0, 0.05) is 35.8 Å². The van der Waals surface area contributed by atoms with Crippen LogP contribution >= 0.6 is 11.6 Å². The van der Waals surface area contributed by atoms with Crippen LogP contribution in [0.15, 0.2) is 61.2 Å². The lowest BCUT2D eigenvalue weighted by Gasteiger charge is -2.39. The number of likely N-dealkylation sites (tertiary alicyclic amines) is 1. The Morgan fingerprint density at radius 1 is 1.12 bits per heavy atom. The van der Waals surface area contributed by atoms with Crippen LogP contribution in [-0.2, 0) is 15.1 Å². The fraction of sp³-hybridized carbons (Fsp3) is 0.412. The number of halogens is 3. The molecule has 1 spiro atoms. The van der Waals surface area contributed by atoms with E-state index < -0.39 is 30.1 Å². The highest BCUT2D eigenvalue weighted by atomic mass is 35.5. The standard InChI is InChI=1S/C34H36ClF2N9O3/c1-32(2,3)16-34(23-7-4-20(5-8-23)22-13-41-45(14-22)29(36)37)28(47)46(30(38)42-34)26(15-49-31(48)44-17-33(18-44)10-11-33)21-6-9-25(35)24(12-21)27-39-19-40-43-27/h4-9,12-14,19,26,29H,10-11,15-18H2,1-3H3,(H2,38,42)(H,39,40,43)/t26-,34-/m1/s1. The summed E-state index contributed by atoms with van der Waals surface area (Å²) in [6, 6.07) is 11.3. The Bertz CT molecular complexity index is 1900. The molecule has 7 rings (SSSR count). The van der Waals surface area contributed by atoms with Crippen molar-refractivity contribution < 1.29 is 23.1 Å². The molecule has 49 heavy (non-hydrogen) atoms. The largest absolute Gasteiger partial charge is 0.447 e. The fourth-order valence-electron chi connectivity index (χ4n) is 6.89. The predicted molar refractivity (Wildman–Crippen MR) is 177 cm³/mol. The summed E-state index contributed by atoms with van der Waals surface area (Å²) in [6.45, 7) is 4.34. The highest BCUT2D eigenvalue weighted by Gasteiger charge is 2.56. The van der Waals surface area contributed by atoms with E-state index in [9.17, 15) is 18.4 Å². The lowest BCUT2D eigenvalue weighted by atomic mass is 9.75. The molecule has 3 fully saturated rings. The number of nitrogens with one attached hydrogen (secondary N) is 3. The minimum absolute atomic E-state index is 0.158. The zero-order valence-corrected chi connectivity index (χ0v) is 28.0. The molecule has 1 aliphatic carbocycles. The molecule has 2 atom stereocenters. The first kappa shape index (κ1) is 32.7. The van der Waals surface area contributed by atoms with E-state index in [1.807, 2.05) is 20.8 Å². The number of aromatic nitrogens is 5. The number of hydrogen-bond acceptors (Lipinski definition) is 7. The molecular weight excluding hydrogens is 656 g/mol. The molecular formula is C34H36ClF2N9O3. The smallest absolute Gasteiger partial charge is 0.409 e. The highest BCUT2D eigenvalue weighted by molar-refractivity contribution is 6.33. The number of carbonyl (C=O) groups is 2. The lowest BCUT2D eigenvalue weighted by Crippen LogP contribution is -2.52. The number of ether oxygens (including phenoxy) is 1. The third-order valence-corrected chi connectivity index (χ3v) is 9.78. The topological polar surface area (TPSA) is 145 Å². The van der Waals surface area contributed by atoms with Gasteiger partial charge in [-0.15, -0.1) is 0 Å². The third-order valence-electron chi connectivity index (χ3n) is 9.45. The van der Waals surface area contributed by atoms with Gasteiger partial charge in [-0.25, -0.2) is 14.5 Å². The predicted octanol–water partition coefficient (Wildman–Crippen LogP) is 6.36. The quantitative estimate of drug-likeness (QED) is 0.185. The maximum absolute atomic E-state index is 14.9. The molecule has 2 aliphatic heterocycles. The minimum atomic E-state index is -2.76. The summed E-state index contributed by atoms with van der Waals surface area (Å²) in [4.78, 5) is 35.3. The number of guanidine groups is 1. The monoisotopic (exact) mass is 691 g/mol. The van der Waals surface area contributed by atoms with Gasteiger partial charge in [0.15, 0.2) is 11.8 Å². The maximum Gasteiger partial charge on any atom is 0.409 e. The van der Waals surface area contributed by atoms with Crippen LogP contribution < -0.4 is 5.32 Å². The molecule has 3 aliphatic rings. The van der Waals surface area contributed by atoms with Gasteiger partial charge in [0.1, 0.15) is 18.5 Å². The van der Waals surface area contributed by atoms with Crippen LogP contribution in [0.5, 0.6) is 0 Å². The zero-order chi connectivity index (χ0) is 34.7. The molecule has 0 unspecified atom stereocenters. The molecule has 2 aromatic heterocycles. The summed E-state index contributed by atoms with van der Waals surface area (Å²) < 4.78 is 32.8. The fourth-order valence-corrected chi connectivity index (χ4v) is 7.10. The van der Waals surface area contributed by atoms with Gasteiger partial charge in [-0.3, -0.25) is 20.2 Å². The van der Waals surface area contributed by atoms with Gasteiger partial charge in [-0.05, 0) is 53.5 Å². The van der Waals surface area contributed by atoms with Gasteiger partial charge in [0.05, 0.1) is 17.3 Å². The van der Waals surface area contributed by atoms with E-state index in [1.54, 1.807) is 47.4 Å². The Morgan fingerprint density at radius 3 is 2.47 bits per heavy atom. The lowest BCUT2D eigenvalue weighted by molar-refractivity contribution is -0.135. The number of alkyl halides is 2. The normalized spacial score (nSPS) is 20.5. The van der Waals surface area contributed by atoms with Gasteiger partial charge < -0.3 is 15.0 Å². The van der Waals surface area contributed by atoms with Crippen LogP contribution in [0, 0.1) is 16.2 Å². The first-order valence-electron chi connectivity index (χ1n) is 16.0. The summed E-state index contributed by atoms with van der Waals surface area (Å²) in [5.74, 6) is -0.140. The average Bonchev–Trinajstić information content (AvgIpc) is 3.34. The molecule has 256 valence electrons. The molecule has 4 aromatic rings. The van der Waals surface area contributed by atoms with Crippen LogP contribution in [0.25, 0.3) is 22.5 Å². The second-order valence-corrected chi connectivity index (χ2v) is 14.8. The van der Waals surface area contributed by atoms with Crippen molar-refractivity contribution in [2.45, 2.75) is 58.2 Å². The van der Waals surface area contributed by atoms with Crippen LogP contribution in [0.1, 0.15) is 63.8 Å². The number of H-pyrrole nitrogens is 1. The summed E-state index contributed by atoms with van der Waals surface area (Å²) in [7, 11) is 0. The summed E-state index contributed by atoms with van der Waals surface area (Å²) in [5.41, 5.74) is 1.33. The summed E-state index contributed by atoms with van der Waals surface area (Å²) in [5, 5.41) is 23.3. The van der Waals surface area contributed by atoms with Crippen LogP contribution in [0.2, 0.25) is 5.02 Å². The second-order valence-electron chi connectivity index (χ2n) is 14.4. The zero-order valence-electron chi connectivity index (χ0n) is 27.2. The number of amides is 2. The van der Waals surface area contributed by atoms with E-state index in [2.05, 4.69) is 25.6 Å². The van der Waals surface area contributed by atoms with Crippen molar-refractivity contribution in [3.63, 3.8) is 0 Å². The molecule has 15 heteroatoms. The first-order valence-corrected chi connectivity index (χ1v) is 16.4.